The molecule has 18 rings (SSSR count). The Morgan fingerprint density at radius 1 is 0.542 bits per heavy atom. The number of benzene rings is 7. The first-order valence-electron chi connectivity index (χ1n) is 47.2. The lowest BCUT2D eigenvalue weighted by Gasteiger charge is -2.35. The molecule has 0 unspecified atom stereocenters. The summed E-state index contributed by atoms with van der Waals surface area (Å²) in [5.41, 5.74) is 20.3. The van der Waals surface area contributed by atoms with Crippen LogP contribution in [-0.4, -0.2) is 238 Å². The van der Waals surface area contributed by atoms with Crippen LogP contribution in [0.15, 0.2) is 226 Å². The summed E-state index contributed by atoms with van der Waals surface area (Å²) in [6.07, 6.45) is 20.4. The summed E-state index contributed by atoms with van der Waals surface area (Å²) < 4.78 is 13.3. The molecule has 0 radical (unpaired) electrons. The van der Waals surface area contributed by atoms with E-state index in [2.05, 4.69) is 148 Å². The highest BCUT2D eigenvalue weighted by Gasteiger charge is 2.25. The van der Waals surface area contributed by atoms with Gasteiger partial charge in [0.1, 0.15) is 45.7 Å². The number of aromatic nitrogens is 12. The van der Waals surface area contributed by atoms with Crippen LogP contribution in [-0.2, 0) is 38.8 Å². The van der Waals surface area contributed by atoms with Crippen molar-refractivity contribution >= 4 is 103 Å². The Morgan fingerprint density at radius 3 is 1.84 bits per heavy atom. The summed E-state index contributed by atoms with van der Waals surface area (Å²) in [7, 11) is 5.83. The third kappa shape index (κ3) is 28.1. The molecule has 3 fully saturated rings. The summed E-state index contributed by atoms with van der Waals surface area (Å²) in [4.78, 5) is 103. The number of carbonyl (C=O) groups is 3. The van der Waals surface area contributed by atoms with Crippen LogP contribution < -0.4 is 30.3 Å². The fourth-order valence-corrected chi connectivity index (χ4v) is 18.4. The van der Waals surface area contributed by atoms with Crippen molar-refractivity contribution in [1.82, 2.24) is 83.9 Å². The molecule has 7 aromatic carbocycles. The van der Waals surface area contributed by atoms with Gasteiger partial charge in [0.25, 0.3) is 11.8 Å². The van der Waals surface area contributed by atoms with E-state index in [9.17, 15) is 24.8 Å². The number of piperazine rings is 3. The number of halogens is 3. The third-order valence-corrected chi connectivity index (χ3v) is 26.8. The number of amides is 2. The van der Waals surface area contributed by atoms with Gasteiger partial charge in [0.15, 0.2) is 5.78 Å². The first-order chi connectivity index (χ1) is 68.8. The molecule has 11 heterocycles. The van der Waals surface area contributed by atoms with Gasteiger partial charge >= 0.3 is 0 Å². The van der Waals surface area contributed by atoms with Gasteiger partial charge in [-0.2, -0.15) is 5.26 Å². The second-order valence-electron chi connectivity index (χ2n) is 35.5. The molecule has 3 aliphatic heterocycles. The number of anilines is 5. The number of aliphatic hydroxyl groups is 2. The van der Waals surface area contributed by atoms with E-state index in [1.54, 1.807) is 73.8 Å². The maximum Gasteiger partial charge on any atom is 0.267 e. The summed E-state index contributed by atoms with van der Waals surface area (Å²) in [6, 6.07) is 54.1. The maximum absolute atomic E-state index is 13.2. The highest BCUT2D eigenvalue weighted by Crippen LogP contribution is 2.40. The highest BCUT2D eigenvalue weighted by atomic mass is 35.5. The smallest absolute Gasteiger partial charge is 0.267 e. The predicted octanol–water partition coefficient (Wildman–Crippen LogP) is 17.9. The number of nitriles is 1. The van der Waals surface area contributed by atoms with Gasteiger partial charge in [-0.25, -0.2) is 39.9 Å². The number of ether oxygens (including phenoxy) is 2. The zero-order valence-corrected chi connectivity index (χ0v) is 84.2. The van der Waals surface area contributed by atoms with Crippen LogP contribution >= 0.6 is 46.1 Å². The summed E-state index contributed by atoms with van der Waals surface area (Å²) in [6.45, 7) is 27.2. The highest BCUT2D eigenvalue weighted by molar-refractivity contribution is 7.13. The third-order valence-electron chi connectivity index (χ3n) is 24.9. The molecule has 2 amide bonds. The van der Waals surface area contributed by atoms with E-state index in [0.717, 1.165) is 199 Å². The van der Waals surface area contributed by atoms with Crippen molar-refractivity contribution in [2.24, 2.45) is 0 Å². The molecule has 29 nitrogen and oxygen atoms in total. The van der Waals surface area contributed by atoms with E-state index in [4.69, 9.17) is 59.4 Å². The van der Waals surface area contributed by atoms with Crippen LogP contribution in [0.2, 0.25) is 15.1 Å². The number of β-amino-alcohol motifs (C(OH)–C–C–N with tert-alkyl or cyclic N) is 1. The fraction of sp³-hybridized carbons (Fsp3) is 0.294. The van der Waals surface area contributed by atoms with Crippen molar-refractivity contribution in [3.8, 4) is 45.8 Å². The molecule has 730 valence electrons. The van der Waals surface area contributed by atoms with Gasteiger partial charge in [-0.1, -0.05) is 95.5 Å². The minimum Gasteiger partial charge on any atom is -0.495 e. The number of Topliss-reactive ketones (excluding diaryl/α,β-unsaturated/α-hetero) is 1. The van der Waals surface area contributed by atoms with E-state index in [-0.39, 0.29) is 30.8 Å². The van der Waals surface area contributed by atoms with Crippen molar-refractivity contribution in [3.05, 3.63) is 346 Å². The molecule has 5 N–H and O–H groups in total. The number of aliphatic hydroxyl groups excluding tert-OH is 2. The number of nitrogens with one attached hydrogen (secondary N) is 3. The topological polar surface area (TPSA) is 336 Å². The van der Waals surface area contributed by atoms with Gasteiger partial charge in [-0.3, -0.25) is 39.1 Å². The summed E-state index contributed by atoms with van der Waals surface area (Å²) in [5, 5.41) is 40.8. The van der Waals surface area contributed by atoms with Gasteiger partial charge in [0.05, 0.1) is 110 Å². The van der Waals surface area contributed by atoms with Crippen molar-refractivity contribution in [3.63, 3.8) is 0 Å². The molecule has 8 aromatic heterocycles. The number of fused-ring (bicyclic) bond motifs is 1. The molecule has 142 heavy (non-hydrogen) atoms. The van der Waals surface area contributed by atoms with E-state index in [1.165, 1.54) is 35.8 Å². The average molecular weight is 1980 g/mol. The zero-order valence-electron chi connectivity index (χ0n) is 81.1. The SMILES string of the molecule is COc1cc(Nc2c(C#N)cnc3cc(OCCCN4CCN(C)CC4)c(CO)cc23)c(Cl)cc1Cl.Cc1cc(NC(=O)c2ccc(C)c(Cc3nccc(-c4cccnc4)n3)c2)cc(-n2cnc(C)c2)c1.Cc1ccc(CC(=O)c2ccc(CN3CCN(C)CC3)cc2)cc1Cc1nccc(-c2cccnc2)n1.Cc1nc(Cc2ncc(C(=O)Nc3c(C)cccc3Cl)s2)cc(N2CCN(CCO)CC2)n1. The number of aryl methyl sites for hydroxylation is 6. The van der Waals surface area contributed by atoms with Gasteiger partial charge in [-0.15, -0.1) is 11.3 Å². The predicted molar refractivity (Wildman–Crippen MR) is 561 cm³/mol. The molecular formula is C109H115Cl3N22O7S. The number of para-hydroxylation sites is 1. The molecule has 0 bridgehead atoms. The van der Waals surface area contributed by atoms with E-state index < -0.39 is 0 Å². The van der Waals surface area contributed by atoms with Crippen LogP contribution in [0.5, 0.6) is 11.5 Å². The number of likely N-dealkylation sites (N-methyl/N-ethyl adjacent to an activating group) is 2. The number of thiazole rings is 1. The number of hydrogen-bond donors (Lipinski definition) is 5. The van der Waals surface area contributed by atoms with Crippen molar-refractivity contribution in [2.75, 3.05) is 147 Å². The Morgan fingerprint density at radius 2 is 1.20 bits per heavy atom. The monoisotopic (exact) mass is 1980 g/mol. The van der Waals surface area contributed by atoms with Gasteiger partial charge in [0.2, 0.25) is 0 Å². The Balaban J connectivity index is 0.000000143. The molecule has 0 saturated carbocycles. The Bertz CT molecular complexity index is 6910. The minimum absolute atomic E-state index is 0.135. The lowest BCUT2D eigenvalue weighted by molar-refractivity contribution is 0.0989. The number of carbonyl (C=O) groups excluding carboxylic acids is 3. The van der Waals surface area contributed by atoms with Gasteiger partial charge in [-0.05, 0) is 191 Å². The second kappa shape index (κ2) is 49.6. The van der Waals surface area contributed by atoms with E-state index >= 15 is 0 Å². The molecular weight excluding hydrogens is 1870 g/mol. The lowest BCUT2D eigenvalue weighted by Crippen LogP contribution is -2.47. The number of ketones is 1. The summed E-state index contributed by atoms with van der Waals surface area (Å²) in [5.74, 6) is 3.83. The maximum atomic E-state index is 13.2. The van der Waals surface area contributed by atoms with Crippen molar-refractivity contribution in [2.45, 2.75) is 86.8 Å². The van der Waals surface area contributed by atoms with Crippen LogP contribution in [0.3, 0.4) is 0 Å². The molecule has 0 atom stereocenters. The molecule has 33 heteroatoms. The Kier molecular flexibility index (Phi) is 35.8. The van der Waals surface area contributed by atoms with Crippen LogP contribution in [0.4, 0.5) is 28.6 Å². The van der Waals surface area contributed by atoms with Crippen molar-refractivity contribution < 1.29 is 34.1 Å². The number of imidazole rings is 1. The fourth-order valence-electron chi connectivity index (χ4n) is 16.8. The molecule has 3 aliphatic rings. The second-order valence-corrected chi connectivity index (χ2v) is 37.8. The zero-order chi connectivity index (χ0) is 99.7. The lowest BCUT2D eigenvalue weighted by atomic mass is 9.97. The Hall–Kier alpha value is -13.8. The largest absolute Gasteiger partial charge is 0.495 e. The van der Waals surface area contributed by atoms with E-state index in [1.807, 2.05) is 155 Å². The normalized spacial score (nSPS) is 13.6. The number of hydrogen-bond acceptors (Lipinski definition) is 27. The van der Waals surface area contributed by atoms with Crippen LogP contribution in [0.25, 0.3) is 39.1 Å². The first kappa shape index (κ1) is 103. The number of rotatable bonds is 30. The standard InChI is InChI=1S/C31H33N5O.C29H26N6O.C26H29Cl2N5O3.C23H27ClN6O2S/c1-23-5-6-25(18-28(23)20-31-33-13-11-29(34-31)27-4-3-12-32-21-27)19-30(37)26-9-7-24(8-10-26)22-36-16-14-35(2)15-17-36;1-19-11-25(15-26(12-19)35-17-21(3)32-18-35)33-29(36)22-7-6-20(2)24(13-22)14-28-31-10-8-27(34-28)23-5-4-9-30-16-23;1-32-5-7-33(8-6-32)4-3-9-36-24-12-22-19(10-17(24)16-34)26(18(14-29)15-30-22)31-23-13-25(35-2)21(28)11-20(23)27;1-15-4-3-5-18(24)22(15)28-23(32)19-14-25-21(33-19)13-17-12-20(27-16(2)26-17)30-8-6-29(7-9-30)10-11-31/h3-13,18,21H,14-17,19-20,22H2,1-2H3;4-13,15-18H,14H2,1-3H3,(H,33,36);10-13,15,34H,3-9,16H2,1-2H3,(H,30,31);3-5,12,14,31H,6-11,13H2,1-2H3,(H,28,32). The molecule has 0 spiro atoms. The number of nitrogens with zero attached hydrogens (tertiary/aromatic N) is 19. The molecule has 3 saturated heterocycles. The van der Waals surface area contributed by atoms with Crippen LogP contribution in [0.1, 0.15) is 126 Å². The quantitative estimate of drug-likeness (QED) is 0.0206. The molecule has 15 aromatic rings. The Labute approximate surface area is 846 Å². The average Bonchev–Trinajstić information content (AvgIpc) is 0.926. The van der Waals surface area contributed by atoms with Gasteiger partial charge in [0, 0.05) is 236 Å². The van der Waals surface area contributed by atoms with Crippen molar-refractivity contribution in [1.29, 1.82) is 5.26 Å². The number of methoxy groups -OCH3 is 1. The molecule has 0 aliphatic carbocycles. The van der Waals surface area contributed by atoms with E-state index in [0.29, 0.717) is 127 Å². The first-order valence-corrected chi connectivity index (χ1v) is 49.1. The van der Waals surface area contributed by atoms with Crippen LogP contribution in [0, 0.1) is 52.9 Å². The number of pyridine rings is 3. The summed E-state index contributed by atoms with van der Waals surface area (Å²) >= 11 is 20.2. The minimum atomic E-state index is -0.227. The van der Waals surface area contributed by atoms with Gasteiger partial charge < -0.3 is 59.8 Å².